The molecule has 4 rings (SSSR count). The van der Waals surface area contributed by atoms with Gasteiger partial charge in [-0.25, -0.2) is 4.79 Å². The van der Waals surface area contributed by atoms with Crippen LogP contribution in [0.1, 0.15) is 29.3 Å². The van der Waals surface area contributed by atoms with E-state index in [-0.39, 0.29) is 18.4 Å². The number of nitrogens with one attached hydrogen (secondary N) is 1. The van der Waals surface area contributed by atoms with Gasteiger partial charge in [-0.1, -0.05) is 75.5 Å². The minimum atomic E-state index is -2.39. The molecule has 0 aliphatic carbocycles. The molecule has 1 unspecified atom stereocenters. The van der Waals surface area contributed by atoms with E-state index < -0.39 is 53.3 Å². The van der Waals surface area contributed by atoms with Crippen LogP contribution in [0.5, 0.6) is 0 Å². The first-order valence-corrected chi connectivity index (χ1v) is 13.4. The highest BCUT2D eigenvalue weighted by Gasteiger charge is 2.57. The third kappa shape index (κ3) is 6.16. The highest BCUT2D eigenvalue weighted by Crippen LogP contribution is 2.40. The summed E-state index contributed by atoms with van der Waals surface area (Å²) in [4.78, 5) is 55.0. The van der Waals surface area contributed by atoms with E-state index in [1.807, 2.05) is 0 Å². The van der Waals surface area contributed by atoms with Crippen molar-refractivity contribution in [1.82, 2.24) is 9.55 Å². The van der Waals surface area contributed by atoms with Gasteiger partial charge in [0.2, 0.25) is 0 Å². The van der Waals surface area contributed by atoms with E-state index in [0.717, 1.165) is 4.57 Å². The number of aliphatic hydroxyl groups excluding tert-OH is 1. The molecular formula is C27H23BrCl2N2O7. The first-order valence-electron chi connectivity index (χ1n) is 11.8. The molecule has 0 saturated carbocycles. The van der Waals surface area contributed by atoms with E-state index >= 15 is 0 Å². The Labute approximate surface area is 240 Å². The molecule has 0 amide bonds. The van der Waals surface area contributed by atoms with Gasteiger partial charge in [0, 0.05) is 35.5 Å². The Balaban J connectivity index is 1.71. The number of carbonyl (C=O) groups excluding carboxylic acids is 2. The van der Waals surface area contributed by atoms with E-state index in [4.69, 9.17) is 27.9 Å². The summed E-state index contributed by atoms with van der Waals surface area (Å²) in [7, 11) is 0. The summed E-state index contributed by atoms with van der Waals surface area (Å²) in [5.41, 5.74) is -2.98. The maximum Gasteiger partial charge on any atom is 0.330 e. The molecule has 2 aromatic carbocycles. The maximum absolute atomic E-state index is 13.5. The number of Topliss-reactive ketones (excluding diaryl/α,β-unsaturated/α-hetero) is 2. The molecule has 12 heteroatoms. The number of aliphatic hydroxyl groups is 2. The molecular weight excluding hydrogens is 615 g/mol. The van der Waals surface area contributed by atoms with Gasteiger partial charge < -0.3 is 14.9 Å². The lowest BCUT2D eigenvalue weighted by Gasteiger charge is -2.29. The summed E-state index contributed by atoms with van der Waals surface area (Å²) in [5.74, 6) is -1.53. The smallest absolute Gasteiger partial charge is 0.330 e. The number of benzene rings is 2. The zero-order chi connectivity index (χ0) is 28.3. The Kier molecular flexibility index (Phi) is 9.05. The average molecular weight is 638 g/mol. The van der Waals surface area contributed by atoms with Crippen LogP contribution in [-0.4, -0.2) is 49.1 Å². The molecule has 3 N–H and O–H groups in total. The van der Waals surface area contributed by atoms with Crippen molar-refractivity contribution in [3.8, 4) is 0 Å². The van der Waals surface area contributed by atoms with Crippen molar-refractivity contribution in [3.63, 3.8) is 0 Å². The number of halogens is 3. The van der Waals surface area contributed by atoms with Crippen LogP contribution in [-0.2, 0) is 27.2 Å². The molecule has 1 aromatic heterocycles. The monoisotopic (exact) mass is 636 g/mol. The van der Waals surface area contributed by atoms with Gasteiger partial charge in [0.1, 0.15) is 18.4 Å². The summed E-state index contributed by atoms with van der Waals surface area (Å²) < 4.78 is 6.84. The SMILES string of the molecule is O=C(Cc1ccccc1Cl)C(O)[C@H]1O[C@@H](n2cc(/C=C/Br)c(=O)[nH]c2=O)C[C@@]1(O)C(=O)Cc1ccccc1Cl. The molecule has 1 fully saturated rings. The van der Waals surface area contributed by atoms with Crippen molar-refractivity contribution in [2.45, 2.75) is 43.3 Å². The van der Waals surface area contributed by atoms with Crippen molar-refractivity contribution >= 4 is 56.8 Å². The van der Waals surface area contributed by atoms with Gasteiger partial charge in [-0.2, -0.15) is 0 Å². The quantitative estimate of drug-likeness (QED) is 0.327. The number of nitrogens with zero attached hydrogens (tertiary/aromatic N) is 1. The van der Waals surface area contributed by atoms with Crippen molar-refractivity contribution in [3.05, 3.63) is 107 Å². The lowest BCUT2D eigenvalue weighted by atomic mass is 9.82. The predicted molar refractivity (Wildman–Crippen MR) is 149 cm³/mol. The van der Waals surface area contributed by atoms with Crippen molar-refractivity contribution in [1.29, 1.82) is 0 Å². The first-order chi connectivity index (χ1) is 18.5. The van der Waals surface area contributed by atoms with E-state index in [9.17, 15) is 29.4 Å². The molecule has 4 atom stereocenters. The van der Waals surface area contributed by atoms with Gasteiger partial charge in [0.15, 0.2) is 17.2 Å². The number of ketones is 2. The van der Waals surface area contributed by atoms with E-state index in [2.05, 4.69) is 20.9 Å². The number of aromatic nitrogens is 2. The molecule has 2 heterocycles. The zero-order valence-electron chi connectivity index (χ0n) is 20.2. The standard InChI is InChI=1S/C27H23BrCl2N2O7/c28-10-9-17-14-32(26(37)31-25(17)36)22-13-27(38,21(34)12-16-6-2-4-8-19(16)30)24(39-22)23(35)20(33)11-15-5-1-3-7-18(15)29/h1-10,14,22-24,35,38H,11-13H2,(H,31,36,37)/b10-9+/t22-,23?,24-,27-/m1/s1. The number of carbonyl (C=O) groups is 2. The van der Waals surface area contributed by atoms with Crippen LogP contribution in [0.15, 0.2) is 69.3 Å². The summed E-state index contributed by atoms with van der Waals surface area (Å²) in [6, 6.07) is 13.1. The molecule has 9 nitrogen and oxygen atoms in total. The summed E-state index contributed by atoms with van der Waals surface area (Å²) >= 11 is 15.4. The van der Waals surface area contributed by atoms with Crippen LogP contribution in [0.4, 0.5) is 0 Å². The number of aromatic amines is 1. The molecule has 3 aromatic rings. The average Bonchev–Trinajstić information content (AvgIpc) is 3.26. The van der Waals surface area contributed by atoms with Crippen molar-refractivity contribution in [2.24, 2.45) is 0 Å². The van der Waals surface area contributed by atoms with E-state index in [1.165, 1.54) is 17.3 Å². The Morgan fingerprint density at radius 3 is 2.28 bits per heavy atom. The second kappa shape index (κ2) is 12.1. The van der Waals surface area contributed by atoms with Gasteiger partial charge in [-0.05, 0) is 34.3 Å². The Bertz CT molecular complexity index is 1550. The van der Waals surface area contributed by atoms with Crippen molar-refractivity contribution < 1.29 is 24.5 Å². The number of hydrogen-bond acceptors (Lipinski definition) is 7. The fourth-order valence-corrected chi connectivity index (χ4v) is 5.15. The normalized spacial score (nSPS) is 21.8. The fraction of sp³-hybridized carbons (Fsp3) is 0.259. The Morgan fingerprint density at radius 2 is 1.69 bits per heavy atom. The number of H-pyrrole nitrogens is 1. The number of hydrogen-bond donors (Lipinski definition) is 3. The maximum atomic E-state index is 13.5. The van der Waals surface area contributed by atoms with Crippen LogP contribution < -0.4 is 11.2 Å². The Morgan fingerprint density at radius 1 is 1.10 bits per heavy atom. The highest BCUT2D eigenvalue weighted by atomic mass is 79.9. The summed E-state index contributed by atoms with van der Waals surface area (Å²) in [6.45, 7) is 0. The zero-order valence-corrected chi connectivity index (χ0v) is 23.3. The van der Waals surface area contributed by atoms with E-state index in [0.29, 0.717) is 21.2 Å². The number of ether oxygens (including phenoxy) is 1. The molecule has 204 valence electrons. The van der Waals surface area contributed by atoms with Gasteiger partial charge in [-0.3, -0.25) is 23.9 Å². The predicted octanol–water partition coefficient (Wildman–Crippen LogP) is 3.21. The molecule has 0 bridgehead atoms. The largest absolute Gasteiger partial charge is 0.382 e. The molecule has 1 saturated heterocycles. The molecule has 0 radical (unpaired) electrons. The van der Waals surface area contributed by atoms with Crippen LogP contribution in [0.3, 0.4) is 0 Å². The summed E-state index contributed by atoms with van der Waals surface area (Å²) in [5, 5.41) is 23.4. The summed E-state index contributed by atoms with van der Waals surface area (Å²) in [6.07, 6.45) is -3.51. The lowest BCUT2D eigenvalue weighted by molar-refractivity contribution is -0.160. The lowest BCUT2D eigenvalue weighted by Crippen LogP contribution is -2.54. The molecule has 1 aliphatic heterocycles. The second-order valence-corrected chi connectivity index (χ2v) is 10.4. The third-order valence-electron chi connectivity index (χ3n) is 6.54. The molecule has 39 heavy (non-hydrogen) atoms. The molecule has 0 spiro atoms. The van der Waals surface area contributed by atoms with Gasteiger partial charge in [0.05, 0.1) is 5.56 Å². The van der Waals surface area contributed by atoms with Crippen LogP contribution in [0.25, 0.3) is 6.08 Å². The van der Waals surface area contributed by atoms with Crippen LogP contribution in [0.2, 0.25) is 10.0 Å². The second-order valence-electron chi connectivity index (χ2n) is 9.05. The van der Waals surface area contributed by atoms with Crippen LogP contribution in [0, 0.1) is 0 Å². The molecule has 1 aliphatic rings. The highest BCUT2D eigenvalue weighted by molar-refractivity contribution is 9.11. The van der Waals surface area contributed by atoms with Gasteiger partial charge in [0.25, 0.3) is 5.56 Å². The third-order valence-corrected chi connectivity index (χ3v) is 7.54. The van der Waals surface area contributed by atoms with Crippen molar-refractivity contribution in [2.75, 3.05) is 0 Å². The number of rotatable bonds is 9. The minimum absolute atomic E-state index is 0.0832. The van der Waals surface area contributed by atoms with Gasteiger partial charge in [-0.15, -0.1) is 0 Å². The minimum Gasteiger partial charge on any atom is -0.382 e. The fourth-order valence-electron chi connectivity index (χ4n) is 4.46. The van der Waals surface area contributed by atoms with Gasteiger partial charge >= 0.3 is 5.69 Å². The Hall–Kier alpha value is -2.86. The van der Waals surface area contributed by atoms with Crippen LogP contribution >= 0.6 is 39.1 Å². The first kappa shape index (κ1) is 29.1. The van der Waals surface area contributed by atoms with E-state index in [1.54, 1.807) is 48.5 Å². The topological polar surface area (TPSA) is 139 Å².